The summed E-state index contributed by atoms with van der Waals surface area (Å²) in [5.74, 6) is 0.935. The van der Waals surface area contributed by atoms with E-state index < -0.39 is 0 Å². The van der Waals surface area contributed by atoms with Crippen LogP contribution < -0.4 is 10.5 Å². The average molecular weight is 246 g/mol. The van der Waals surface area contributed by atoms with Crippen LogP contribution in [-0.4, -0.2) is 17.7 Å². The van der Waals surface area contributed by atoms with Crippen LogP contribution in [0, 0.1) is 6.92 Å². The highest BCUT2D eigenvalue weighted by atomic mass is 16.5. The molecule has 18 heavy (non-hydrogen) atoms. The van der Waals surface area contributed by atoms with Crippen molar-refractivity contribution in [1.29, 1.82) is 0 Å². The number of nitrogens with zero attached hydrogens (tertiary/aromatic N) is 1. The summed E-state index contributed by atoms with van der Waals surface area (Å²) in [6.45, 7) is 4.20. The second-order valence-electron chi connectivity index (χ2n) is 5.09. The molecule has 0 fully saturated rings. The quantitative estimate of drug-likeness (QED) is 0.901. The number of aryl methyl sites for hydroxylation is 3. The number of hydrogen-bond donors (Lipinski definition) is 1. The number of fused-ring (bicyclic) bond motifs is 1. The van der Waals surface area contributed by atoms with E-state index in [0.717, 1.165) is 18.6 Å². The van der Waals surface area contributed by atoms with Gasteiger partial charge in [-0.3, -0.25) is 0 Å². The minimum absolute atomic E-state index is 0.242. The molecule has 1 aromatic carbocycles. The molecule has 0 saturated carbocycles. The molecule has 98 valence electrons. The molecular formula is C15H22N2O. The Bertz CT molecular complexity index is 555. The Labute approximate surface area is 109 Å². The van der Waals surface area contributed by atoms with Gasteiger partial charge in [0.2, 0.25) is 0 Å². The minimum Gasteiger partial charge on any atom is -0.495 e. The lowest BCUT2D eigenvalue weighted by molar-refractivity contribution is 0.418. The van der Waals surface area contributed by atoms with Crippen LogP contribution in [0.25, 0.3) is 10.9 Å². The van der Waals surface area contributed by atoms with Gasteiger partial charge in [0.05, 0.1) is 12.6 Å². The average Bonchev–Trinajstić information content (AvgIpc) is 2.66. The second-order valence-corrected chi connectivity index (χ2v) is 5.09. The molecule has 0 aliphatic carbocycles. The van der Waals surface area contributed by atoms with E-state index in [2.05, 4.69) is 37.7 Å². The van der Waals surface area contributed by atoms with Crippen LogP contribution in [0.3, 0.4) is 0 Å². The van der Waals surface area contributed by atoms with Crippen molar-refractivity contribution in [3.05, 3.63) is 29.5 Å². The Morgan fingerprint density at radius 1 is 1.39 bits per heavy atom. The van der Waals surface area contributed by atoms with E-state index >= 15 is 0 Å². The Morgan fingerprint density at radius 2 is 2.11 bits per heavy atom. The SMILES string of the molecule is COc1ccc(C)c2c(CCC(C)N)cn(C)c12. The monoisotopic (exact) mass is 246 g/mol. The third-order valence-electron chi connectivity index (χ3n) is 3.46. The molecule has 1 aromatic heterocycles. The van der Waals surface area contributed by atoms with Crippen molar-refractivity contribution in [2.24, 2.45) is 12.8 Å². The van der Waals surface area contributed by atoms with Crippen LogP contribution in [0.15, 0.2) is 18.3 Å². The summed E-state index contributed by atoms with van der Waals surface area (Å²) in [5.41, 5.74) is 9.69. The van der Waals surface area contributed by atoms with E-state index in [1.807, 2.05) is 6.07 Å². The maximum absolute atomic E-state index is 5.85. The minimum atomic E-state index is 0.242. The summed E-state index contributed by atoms with van der Waals surface area (Å²) in [5, 5.41) is 1.32. The van der Waals surface area contributed by atoms with Gasteiger partial charge in [-0.05, 0) is 43.9 Å². The second kappa shape index (κ2) is 5.02. The van der Waals surface area contributed by atoms with Crippen LogP contribution in [0.4, 0.5) is 0 Å². The van der Waals surface area contributed by atoms with Gasteiger partial charge in [0.1, 0.15) is 5.75 Å². The molecule has 2 rings (SSSR count). The summed E-state index contributed by atoms with van der Waals surface area (Å²) in [4.78, 5) is 0. The van der Waals surface area contributed by atoms with Crippen molar-refractivity contribution in [2.75, 3.05) is 7.11 Å². The first-order valence-electron chi connectivity index (χ1n) is 6.41. The molecule has 0 spiro atoms. The van der Waals surface area contributed by atoms with E-state index in [1.165, 1.54) is 22.0 Å². The maximum Gasteiger partial charge on any atom is 0.143 e. The normalized spacial score (nSPS) is 12.9. The van der Waals surface area contributed by atoms with Gasteiger partial charge in [-0.2, -0.15) is 0 Å². The first kappa shape index (κ1) is 13.0. The van der Waals surface area contributed by atoms with Gasteiger partial charge in [0.25, 0.3) is 0 Å². The van der Waals surface area contributed by atoms with Crippen LogP contribution in [0.5, 0.6) is 5.75 Å². The van der Waals surface area contributed by atoms with Crippen molar-refractivity contribution in [1.82, 2.24) is 4.57 Å². The van der Waals surface area contributed by atoms with E-state index in [4.69, 9.17) is 10.5 Å². The Morgan fingerprint density at radius 3 is 2.72 bits per heavy atom. The Kier molecular flexibility index (Phi) is 3.62. The summed E-state index contributed by atoms with van der Waals surface area (Å²) in [6.07, 6.45) is 4.22. The van der Waals surface area contributed by atoms with Gasteiger partial charge in [0, 0.05) is 24.7 Å². The highest BCUT2D eigenvalue weighted by Gasteiger charge is 2.13. The van der Waals surface area contributed by atoms with Crippen LogP contribution >= 0.6 is 0 Å². The van der Waals surface area contributed by atoms with Crippen molar-refractivity contribution in [3.63, 3.8) is 0 Å². The predicted octanol–water partition coefficient (Wildman–Crippen LogP) is 2.78. The summed E-state index contributed by atoms with van der Waals surface area (Å²) in [7, 11) is 3.79. The van der Waals surface area contributed by atoms with Crippen molar-refractivity contribution >= 4 is 10.9 Å². The molecule has 3 nitrogen and oxygen atoms in total. The lowest BCUT2D eigenvalue weighted by atomic mass is 10.0. The fraction of sp³-hybridized carbons (Fsp3) is 0.467. The summed E-state index contributed by atoms with van der Waals surface area (Å²) >= 11 is 0. The van der Waals surface area contributed by atoms with E-state index in [-0.39, 0.29) is 6.04 Å². The number of methoxy groups -OCH3 is 1. The van der Waals surface area contributed by atoms with E-state index in [1.54, 1.807) is 7.11 Å². The number of ether oxygens (including phenoxy) is 1. The zero-order chi connectivity index (χ0) is 13.3. The highest BCUT2D eigenvalue weighted by molar-refractivity contribution is 5.91. The van der Waals surface area contributed by atoms with Crippen molar-refractivity contribution in [2.45, 2.75) is 32.7 Å². The number of aromatic nitrogens is 1. The molecule has 0 radical (unpaired) electrons. The fourth-order valence-corrected chi connectivity index (χ4v) is 2.53. The molecule has 1 atom stereocenters. The Balaban J connectivity index is 2.55. The summed E-state index contributed by atoms with van der Waals surface area (Å²) in [6, 6.07) is 4.40. The molecule has 0 amide bonds. The first-order valence-corrected chi connectivity index (χ1v) is 6.41. The molecule has 2 aromatic rings. The standard InChI is InChI=1S/C15H22N2O/c1-10-5-8-13(18-4)15-14(10)12(9-17(15)3)7-6-11(2)16/h5,8-9,11H,6-7,16H2,1-4H3. The van der Waals surface area contributed by atoms with Gasteiger partial charge >= 0.3 is 0 Å². The highest BCUT2D eigenvalue weighted by Crippen LogP contribution is 2.32. The largest absolute Gasteiger partial charge is 0.495 e. The van der Waals surface area contributed by atoms with Gasteiger partial charge in [-0.1, -0.05) is 6.07 Å². The number of nitrogens with two attached hydrogens (primary N) is 1. The third kappa shape index (κ3) is 2.23. The smallest absolute Gasteiger partial charge is 0.143 e. The summed E-state index contributed by atoms with van der Waals surface area (Å²) < 4.78 is 7.61. The zero-order valence-electron chi connectivity index (χ0n) is 11.7. The van der Waals surface area contributed by atoms with Crippen molar-refractivity contribution in [3.8, 4) is 5.75 Å². The molecule has 3 heteroatoms. The van der Waals surface area contributed by atoms with E-state index in [9.17, 15) is 0 Å². The van der Waals surface area contributed by atoms with Gasteiger partial charge in [-0.15, -0.1) is 0 Å². The molecule has 0 saturated heterocycles. The first-order chi connectivity index (χ1) is 8.54. The van der Waals surface area contributed by atoms with Crippen LogP contribution in [-0.2, 0) is 13.5 Å². The third-order valence-corrected chi connectivity index (χ3v) is 3.46. The lowest BCUT2D eigenvalue weighted by Crippen LogP contribution is -2.15. The van der Waals surface area contributed by atoms with Gasteiger partial charge in [0.15, 0.2) is 0 Å². The molecule has 0 bridgehead atoms. The number of benzene rings is 1. The molecule has 0 aliphatic heterocycles. The molecule has 1 unspecified atom stereocenters. The molecule has 0 aliphatic rings. The maximum atomic E-state index is 5.85. The predicted molar refractivity (Wildman–Crippen MR) is 76.2 cm³/mol. The van der Waals surface area contributed by atoms with Gasteiger partial charge in [-0.25, -0.2) is 0 Å². The number of rotatable bonds is 4. The van der Waals surface area contributed by atoms with E-state index in [0.29, 0.717) is 0 Å². The topological polar surface area (TPSA) is 40.2 Å². The fourth-order valence-electron chi connectivity index (χ4n) is 2.53. The Hall–Kier alpha value is -1.48. The molecular weight excluding hydrogens is 224 g/mol. The zero-order valence-corrected chi connectivity index (χ0v) is 11.7. The van der Waals surface area contributed by atoms with Crippen LogP contribution in [0.1, 0.15) is 24.5 Å². The molecule has 1 heterocycles. The van der Waals surface area contributed by atoms with Crippen LogP contribution in [0.2, 0.25) is 0 Å². The lowest BCUT2D eigenvalue weighted by Gasteiger charge is -2.08. The number of hydrogen-bond acceptors (Lipinski definition) is 2. The van der Waals surface area contributed by atoms with Crippen molar-refractivity contribution < 1.29 is 4.74 Å². The molecule has 2 N–H and O–H groups in total. The van der Waals surface area contributed by atoms with Gasteiger partial charge < -0.3 is 15.0 Å².